The van der Waals surface area contributed by atoms with Gasteiger partial charge in [-0.1, -0.05) is 18.2 Å². The standard InChI is InChI=1S/C17H15N5O2/c1-10-13(9-22(2)21-10)17-20-19-15(24-17)8-12-7-11-5-3-4-6-14(11)18-16(12)23/h3-7,9H,8H2,1-2H3,(H,18,23). The van der Waals surface area contributed by atoms with Crippen molar-refractivity contribution in [2.24, 2.45) is 7.05 Å². The first kappa shape index (κ1) is 14.4. The van der Waals surface area contributed by atoms with Crippen molar-refractivity contribution in [1.29, 1.82) is 0 Å². The second-order valence-corrected chi connectivity index (χ2v) is 5.69. The molecule has 7 heteroatoms. The van der Waals surface area contributed by atoms with Gasteiger partial charge in [-0.3, -0.25) is 9.48 Å². The maximum Gasteiger partial charge on any atom is 0.252 e. The molecule has 4 rings (SSSR count). The van der Waals surface area contributed by atoms with Crippen LogP contribution in [0.2, 0.25) is 0 Å². The lowest BCUT2D eigenvalue weighted by molar-refractivity contribution is 0.517. The summed E-state index contributed by atoms with van der Waals surface area (Å²) in [6.45, 7) is 1.88. The number of benzene rings is 1. The van der Waals surface area contributed by atoms with E-state index in [1.807, 2.05) is 50.5 Å². The monoisotopic (exact) mass is 321 g/mol. The number of aromatic nitrogens is 5. The van der Waals surface area contributed by atoms with Gasteiger partial charge in [-0.25, -0.2) is 0 Å². The Bertz CT molecular complexity index is 1090. The van der Waals surface area contributed by atoms with Crippen molar-refractivity contribution >= 4 is 10.9 Å². The molecule has 1 N–H and O–H groups in total. The molecule has 0 radical (unpaired) electrons. The van der Waals surface area contributed by atoms with Crippen molar-refractivity contribution in [2.45, 2.75) is 13.3 Å². The maximum atomic E-state index is 12.2. The van der Waals surface area contributed by atoms with E-state index in [4.69, 9.17) is 4.42 Å². The predicted octanol–water partition coefficient (Wildman–Crippen LogP) is 2.21. The molecule has 0 fully saturated rings. The van der Waals surface area contributed by atoms with Gasteiger partial charge in [-0.2, -0.15) is 5.10 Å². The van der Waals surface area contributed by atoms with Crippen LogP contribution in [0.1, 0.15) is 17.1 Å². The molecule has 3 heterocycles. The van der Waals surface area contributed by atoms with E-state index in [1.54, 1.807) is 4.68 Å². The number of aromatic amines is 1. The van der Waals surface area contributed by atoms with Crippen LogP contribution in [0, 0.1) is 6.92 Å². The quantitative estimate of drug-likeness (QED) is 0.625. The second-order valence-electron chi connectivity index (χ2n) is 5.69. The van der Waals surface area contributed by atoms with Gasteiger partial charge in [0.15, 0.2) is 0 Å². The van der Waals surface area contributed by atoms with Crippen molar-refractivity contribution in [1.82, 2.24) is 25.0 Å². The van der Waals surface area contributed by atoms with Gasteiger partial charge in [-0.05, 0) is 24.4 Å². The Labute approximate surface area is 137 Å². The molecule has 0 atom stereocenters. The van der Waals surface area contributed by atoms with Crippen LogP contribution < -0.4 is 5.56 Å². The molecule has 0 aliphatic carbocycles. The molecule has 0 unspecified atom stereocenters. The van der Waals surface area contributed by atoms with Gasteiger partial charge in [0, 0.05) is 24.3 Å². The fourth-order valence-electron chi connectivity index (χ4n) is 2.73. The van der Waals surface area contributed by atoms with Crippen LogP contribution in [0.5, 0.6) is 0 Å². The van der Waals surface area contributed by atoms with Gasteiger partial charge >= 0.3 is 0 Å². The fraction of sp³-hybridized carbons (Fsp3) is 0.176. The highest BCUT2D eigenvalue weighted by atomic mass is 16.4. The predicted molar refractivity (Wildman–Crippen MR) is 88.6 cm³/mol. The first-order valence-corrected chi connectivity index (χ1v) is 7.54. The van der Waals surface area contributed by atoms with Crippen LogP contribution in [0.25, 0.3) is 22.4 Å². The van der Waals surface area contributed by atoms with Gasteiger partial charge in [-0.15, -0.1) is 10.2 Å². The highest BCUT2D eigenvalue weighted by molar-refractivity contribution is 5.78. The van der Waals surface area contributed by atoms with Gasteiger partial charge in [0.1, 0.15) is 0 Å². The minimum Gasteiger partial charge on any atom is -0.420 e. The second kappa shape index (κ2) is 5.45. The number of aryl methyl sites for hydroxylation is 2. The molecule has 0 aliphatic rings. The molecule has 0 bridgehead atoms. The number of nitrogens with one attached hydrogen (secondary N) is 1. The molecule has 1 aromatic carbocycles. The minimum atomic E-state index is -0.147. The van der Waals surface area contributed by atoms with E-state index in [2.05, 4.69) is 20.3 Å². The minimum absolute atomic E-state index is 0.147. The summed E-state index contributed by atoms with van der Waals surface area (Å²) in [6, 6.07) is 9.50. The summed E-state index contributed by atoms with van der Waals surface area (Å²) < 4.78 is 7.40. The Hall–Kier alpha value is -3.22. The molecule has 0 saturated carbocycles. The van der Waals surface area contributed by atoms with Crippen LogP contribution in [-0.4, -0.2) is 25.0 Å². The number of H-pyrrole nitrogens is 1. The zero-order valence-electron chi connectivity index (χ0n) is 13.3. The summed E-state index contributed by atoms with van der Waals surface area (Å²) in [4.78, 5) is 15.1. The number of rotatable bonds is 3. The summed E-state index contributed by atoms with van der Waals surface area (Å²) >= 11 is 0. The third-order valence-corrected chi connectivity index (χ3v) is 3.88. The van der Waals surface area contributed by atoms with E-state index >= 15 is 0 Å². The van der Waals surface area contributed by atoms with Crippen LogP contribution in [0.4, 0.5) is 0 Å². The third kappa shape index (κ3) is 2.50. The Morgan fingerprint density at radius 2 is 2.08 bits per heavy atom. The van der Waals surface area contributed by atoms with Crippen molar-refractivity contribution in [3.8, 4) is 11.5 Å². The molecule has 24 heavy (non-hydrogen) atoms. The smallest absolute Gasteiger partial charge is 0.252 e. The fourth-order valence-corrected chi connectivity index (χ4v) is 2.73. The molecule has 0 spiro atoms. The average molecular weight is 321 g/mol. The molecule has 3 aromatic heterocycles. The molecule has 0 aliphatic heterocycles. The van der Waals surface area contributed by atoms with Crippen LogP contribution in [0.15, 0.2) is 45.7 Å². The topological polar surface area (TPSA) is 89.6 Å². The first-order chi connectivity index (χ1) is 11.6. The van der Waals surface area contributed by atoms with Gasteiger partial charge in [0.05, 0.1) is 17.7 Å². The lowest BCUT2D eigenvalue weighted by Gasteiger charge is -2.00. The molecule has 0 saturated heterocycles. The number of fused-ring (bicyclic) bond motifs is 1. The molecule has 7 nitrogen and oxygen atoms in total. The van der Waals surface area contributed by atoms with Crippen LogP contribution in [0.3, 0.4) is 0 Å². The van der Waals surface area contributed by atoms with E-state index in [9.17, 15) is 4.79 Å². The highest BCUT2D eigenvalue weighted by Crippen LogP contribution is 2.21. The van der Waals surface area contributed by atoms with Gasteiger partial charge < -0.3 is 9.40 Å². The van der Waals surface area contributed by atoms with E-state index in [-0.39, 0.29) is 12.0 Å². The molecule has 120 valence electrons. The third-order valence-electron chi connectivity index (χ3n) is 3.88. The zero-order chi connectivity index (χ0) is 16.7. The lowest BCUT2D eigenvalue weighted by atomic mass is 10.1. The summed E-state index contributed by atoms with van der Waals surface area (Å²) in [7, 11) is 1.84. The van der Waals surface area contributed by atoms with Crippen molar-refractivity contribution in [3.63, 3.8) is 0 Å². The van der Waals surface area contributed by atoms with E-state index in [0.29, 0.717) is 17.3 Å². The summed E-state index contributed by atoms with van der Waals surface area (Å²) in [5, 5.41) is 13.3. The van der Waals surface area contributed by atoms with Gasteiger partial charge in [0.2, 0.25) is 5.89 Å². The number of hydrogen-bond donors (Lipinski definition) is 1. The summed E-state index contributed by atoms with van der Waals surface area (Å²) in [5.41, 5.74) is 2.86. The van der Waals surface area contributed by atoms with Crippen LogP contribution in [-0.2, 0) is 13.5 Å². The first-order valence-electron chi connectivity index (χ1n) is 7.54. The summed E-state index contributed by atoms with van der Waals surface area (Å²) in [5.74, 6) is 0.807. The van der Waals surface area contributed by atoms with Crippen LogP contribution >= 0.6 is 0 Å². The molecule has 4 aromatic rings. The molecular formula is C17H15N5O2. The number of pyridine rings is 1. The Morgan fingerprint density at radius 3 is 2.88 bits per heavy atom. The van der Waals surface area contributed by atoms with Crippen molar-refractivity contribution in [3.05, 3.63) is 64.0 Å². The van der Waals surface area contributed by atoms with E-state index in [0.717, 1.165) is 22.2 Å². The lowest BCUT2D eigenvalue weighted by Crippen LogP contribution is -2.12. The number of hydrogen-bond acceptors (Lipinski definition) is 5. The zero-order valence-corrected chi connectivity index (χ0v) is 13.3. The Kier molecular flexibility index (Phi) is 3.26. The van der Waals surface area contributed by atoms with Crippen molar-refractivity contribution in [2.75, 3.05) is 0 Å². The van der Waals surface area contributed by atoms with Gasteiger partial charge in [0.25, 0.3) is 11.4 Å². The SMILES string of the molecule is Cc1nn(C)cc1-c1nnc(Cc2cc3ccccc3[nH]c2=O)o1. The number of para-hydroxylation sites is 1. The summed E-state index contributed by atoms with van der Waals surface area (Å²) in [6.07, 6.45) is 2.11. The van der Waals surface area contributed by atoms with E-state index in [1.165, 1.54) is 0 Å². The van der Waals surface area contributed by atoms with Crippen molar-refractivity contribution < 1.29 is 4.42 Å². The number of nitrogens with zero attached hydrogens (tertiary/aromatic N) is 4. The Balaban J connectivity index is 1.68. The average Bonchev–Trinajstić information content (AvgIpc) is 3.14. The largest absolute Gasteiger partial charge is 0.420 e. The van der Waals surface area contributed by atoms with E-state index < -0.39 is 0 Å². The Morgan fingerprint density at radius 1 is 1.25 bits per heavy atom. The molecular weight excluding hydrogens is 306 g/mol. The maximum absolute atomic E-state index is 12.2. The normalized spacial score (nSPS) is 11.2. The highest BCUT2D eigenvalue weighted by Gasteiger charge is 2.15. The molecule has 0 amide bonds.